The van der Waals surface area contributed by atoms with Gasteiger partial charge in [-0.05, 0) is 43.3 Å². The number of tetrazole rings is 1. The highest BCUT2D eigenvalue weighted by molar-refractivity contribution is 6.03. The number of nitrogens with one attached hydrogen (secondary N) is 2. The van der Waals surface area contributed by atoms with Crippen LogP contribution in [0.15, 0.2) is 24.3 Å². The Labute approximate surface area is 104 Å². The van der Waals surface area contributed by atoms with Crippen LogP contribution in [0, 0.1) is 0 Å². The van der Waals surface area contributed by atoms with Gasteiger partial charge in [0.15, 0.2) is 0 Å². The molecular weight excluding hydrogens is 234 g/mol. The van der Waals surface area contributed by atoms with Gasteiger partial charge >= 0.3 is 0 Å². The summed E-state index contributed by atoms with van der Waals surface area (Å²) in [6, 6.07) is 6.83. The van der Waals surface area contributed by atoms with Gasteiger partial charge < -0.3 is 4.74 Å². The third kappa shape index (κ3) is 3.03. The molecule has 0 aliphatic carbocycles. The van der Waals surface area contributed by atoms with Gasteiger partial charge in [0.05, 0.1) is 6.10 Å². The van der Waals surface area contributed by atoms with E-state index in [-0.39, 0.29) is 18.0 Å². The maximum Gasteiger partial charge on any atom is 0.270 e. The molecule has 1 heterocycles. The number of anilines is 1. The van der Waals surface area contributed by atoms with Gasteiger partial charge in [-0.1, -0.05) is 5.10 Å². The van der Waals surface area contributed by atoms with Crippen molar-refractivity contribution in [3.63, 3.8) is 0 Å². The van der Waals surface area contributed by atoms with Crippen LogP contribution >= 0.6 is 0 Å². The summed E-state index contributed by atoms with van der Waals surface area (Å²) in [6.45, 7) is 3.88. The molecule has 1 aromatic heterocycles. The lowest BCUT2D eigenvalue weighted by molar-refractivity contribution is 0.102. The van der Waals surface area contributed by atoms with Crippen molar-refractivity contribution < 1.29 is 9.53 Å². The number of amides is 1. The number of carbonyl (C=O) groups is 1. The normalized spacial score (nSPS) is 10.4. The topological polar surface area (TPSA) is 92.8 Å². The van der Waals surface area contributed by atoms with Crippen molar-refractivity contribution in [1.29, 1.82) is 0 Å². The average molecular weight is 247 g/mol. The summed E-state index contributed by atoms with van der Waals surface area (Å²) in [5.41, 5.74) is 0.496. The van der Waals surface area contributed by atoms with Crippen molar-refractivity contribution in [1.82, 2.24) is 20.6 Å². The molecule has 0 spiro atoms. The fourth-order valence-corrected chi connectivity index (χ4v) is 1.35. The highest BCUT2D eigenvalue weighted by Gasteiger charge is 2.08. The zero-order valence-corrected chi connectivity index (χ0v) is 10.0. The van der Waals surface area contributed by atoms with E-state index in [1.165, 1.54) is 0 Å². The van der Waals surface area contributed by atoms with E-state index in [2.05, 4.69) is 25.9 Å². The van der Waals surface area contributed by atoms with Crippen LogP contribution in [0.4, 0.5) is 5.95 Å². The molecule has 0 radical (unpaired) electrons. The second-order valence-corrected chi connectivity index (χ2v) is 3.88. The lowest BCUT2D eigenvalue weighted by Gasteiger charge is -2.09. The van der Waals surface area contributed by atoms with Crippen LogP contribution in [0.5, 0.6) is 5.75 Å². The molecule has 0 unspecified atom stereocenters. The molecule has 2 rings (SSSR count). The van der Waals surface area contributed by atoms with Crippen LogP contribution in [-0.2, 0) is 0 Å². The van der Waals surface area contributed by atoms with E-state index in [0.717, 1.165) is 5.75 Å². The first-order chi connectivity index (χ1) is 8.65. The van der Waals surface area contributed by atoms with E-state index < -0.39 is 0 Å². The number of hydrogen-bond acceptors (Lipinski definition) is 5. The summed E-state index contributed by atoms with van der Waals surface area (Å²) < 4.78 is 5.48. The minimum atomic E-state index is -0.299. The second kappa shape index (κ2) is 5.26. The predicted molar refractivity (Wildman–Crippen MR) is 64.3 cm³/mol. The Morgan fingerprint density at radius 2 is 2.06 bits per heavy atom. The molecule has 18 heavy (non-hydrogen) atoms. The van der Waals surface area contributed by atoms with Crippen molar-refractivity contribution in [2.75, 3.05) is 5.32 Å². The van der Waals surface area contributed by atoms with E-state index >= 15 is 0 Å². The fraction of sp³-hybridized carbons (Fsp3) is 0.273. The van der Waals surface area contributed by atoms with Gasteiger partial charge in [-0.3, -0.25) is 10.1 Å². The van der Waals surface area contributed by atoms with Gasteiger partial charge in [0, 0.05) is 5.56 Å². The average Bonchev–Trinajstić information content (AvgIpc) is 2.82. The summed E-state index contributed by atoms with van der Waals surface area (Å²) in [5.74, 6) is 0.566. The zero-order valence-electron chi connectivity index (χ0n) is 10.0. The Balaban J connectivity index is 2.03. The van der Waals surface area contributed by atoms with Crippen molar-refractivity contribution in [3.8, 4) is 5.75 Å². The van der Waals surface area contributed by atoms with Crippen molar-refractivity contribution >= 4 is 11.9 Å². The lowest BCUT2D eigenvalue weighted by Crippen LogP contribution is -2.13. The molecule has 0 saturated carbocycles. The van der Waals surface area contributed by atoms with Crippen molar-refractivity contribution in [3.05, 3.63) is 29.8 Å². The number of H-pyrrole nitrogens is 1. The molecule has 2 N–H and O–H groups in total. The largest absolute Gasteiger partial charge is 0.491 e. The van der Waals surface area contributed by atoms with Gasteiger partial charge in [0.2, 0.25) is 0 Å². The van der Waals surface area contributed by atoms with Crippen LogP contribution in [0.2, 0.25) is 0 Å². The highest BCUT2D eigenvalue weighted by Crippen LogP contribution is 2.14. The minimum absolute atomic E-state index is 0.101. The van der Waals surface area contributed by atoms with Crippen molar-refractivity contribution in [2.45, 2.75) is 20.0 Å². The molecule has 0 aliphatic rings. The van der Waals surface area contributed by atoms with Crippen LogP contribution in [0.1, 0.15) is 24.2 Å². The molecule has 0 atom stereocenters. The van der Waals surface area contributed by atoms with Crippen LogP contribution < -0.4 is 10.1 Å². The number of hydrogen-bond donors (Lipinski definition) is 2. The first-order valence-corrected chi connectivity index (χ1v) is 5.46. The standard InChI is InChI=1S/C11H13N5O2/c1-7(2)18-9-5-3-8(4-6-9)10(17)12-11-13-15-16-14-11/h3-7H,1-2H3,(H2,12,13,14,15,16,17). The van der Waals surface area contributed by atoms with E-state index in [1.54, 1.807) is 24.3 Å². The lowest BCUT2D eigenvalue weighted by atomic mass is 10.2. The Bertz CT molecular complexity index is 507. The summed E-state index contributed by atoms with van der Waals surface area (Å²) >= 11 is 0. The smallest absolute Gasteiger partial charge is 0.270 e. The molecule has 1 amide bonds. The summed E-state index contributed by atoms with van der Waals surface area (Å²) in [6.07, 6.45) is 0.101. The van der Waals surface area contributed by atoms with E-state index in [0.29, 0.717) is 5.56 Å². The SMILES string of the molecule is CC(C)Oc1ccc(C(=O)Nc2nn[nH]n2)cc1. The molecule has 7 nitrogen and oxygen atoms in total. The van der Waals surface area contributed by atoms with Gasteiger partial charge in [-0.2, -0.15) is 5.21 Å². The van der Waals surface area contributed by atoms with Gasteiger partial charge in [-0.25, -0.2) is 0 Å². The first kappa shape index (κ1) is 12.0. The summed E-state index contributed by atoms with van der Waals surface area (Å²) in [7, 11) is 0. The monoisotopic (exact) mass is 247 g/mol. The summed E-state index contributed by atoms with van der Waals surface area (Å²) in [5, 5.41) is 15.4. The molecule has 0 saturated heterocycles. The molecule has 0 aliphatic heterocycles. The van der Waals surface area contributed by atoms with E-state index in [4.69, 9.17) is 4.74 Å². The minimum Gasteiger partial charge on any atom is -0.491 e. The quantitative estimate of drug-likeness (QED) is 0.847. The Kier molecular flexibility index (Phi) is 3.52. The van der Waals surface area contributed by atoms with E-state index in [1.807, 2.05) is 13.8 Å². The maximum absolute atomic E-state index is 11.8. The number of rotatable bonds is 4. The molecule has 0 bridgehead atoms. The fourth-order valence-electron chi connectivity index (χ4n) is 1.35. The Morgan fingerprint density at radius 3 is 2.61 bits per heavy atom. The summed E-state index contributed by atoms with van der Waals surface area (Å²) in [4.78, 5) is 11.8. The third-order valence-electron chi connectivity index (χ3n) is 2.06. The Morgan fingerprint density at radius 1 is 1.33 bits per heavy atom. The van der Waals surface area contributed by atoms with Crippen LogP contribution in [-0.4, -0.2) is 32.6 Å². The number of aromatic nitrogens is 4. The van der Waals surface area contributed by atoms with Gasteiger partial charge in [0.1, 0.15) is 5.75 Å². The molecular formula is C11H13N5O2. The van der Waals surface area contributed by atoms with Crippen LogP contribution in [0.3, 0.4) is 0 Å². The van der Waals surface area contributed by atoms with E-state index in [9.17, 15) is 4.79 Å². The predicted octanol–water partition coefficient (Wildman–Crippen LogP) is 1.24. The van der Waals surface area contributed by atoms with Crippen molar-refractivity contribution in [2.24, 2.45) is 0 Å². The maximum atomic E-state index is 11.8. The second-order valence-electron chi connectivity index (χ2n) is 3.88. The highest BCUT2D eigenvalue weighted by atomic mass is 16.5. The van der Waals surface area contributed by atoms with Crippen LogP contribution in [0.25, 0.3) is 0 Å². The Hall–Kier alpha value is -2.44. The number of aromatic amines is 1. The van der Waals surface area contributed by atoms with Gasteiger partial charge in [-0.15, -0.1) is 5.10 Å². The van der Waals surface area contributed by atoms with Gasteiger partial charge in [0.25, 0.3) is 11.9 Å². The molecule has 94 valence electrons. The number of ether oxygens (including phenoxy) is 1. The number of carbonyl (C=O) groups excluding carboxylic acids is 1. The number of nitrogens with zero attached hydrogens (tertiary/aromatic N) is 3. The molecule has 1 aromatic carbocycles. The first-order valence-electron chi connectivity index (χ1n) is 5.46. The third-order valence-corrected chi connectivity index (χ3v) is 2.06. The molecule has 2 aromatic rings. The molecule has 7 heteroatoms. The zero-order chi connectivity index (χ0) is 13.0. The number of benzene rings is 1. The molecule has 0 fully saturated rings.